The van der Waals surface area contributed by atoms with Gasteiger partial charge in [0.1, 0.15) is 18.1 Å². The number of carboxylic acid groups (broad SMARTS) is 1. The van der Waals surface area contributed by atoms with Crippen molar-refractivity contribution in [3.8, 4) is 0 Å². The summed E-state index contributed by atoms with van der Waals surface area (Å²) in [6.07, 6.45) is -0.963. The molecule has 0 amide bonds. The number of aliphatic imine (C=N–C) groups is 1. The molecule has 3 rings (SSSR count). The van der Waals surface area contributed by atoms with Crippen molar-refractivity contribution in [1.29, 1.82) is 0 Å². The van der Waals surface area contributed by atoms with Crippen LogP contribution in [0.15, 0.2) is 33.8 Å². The van der Waals surface area contributed by atoms with Crippen LogP contribution in [0.5, 0.6) is 0 Å². The van der Waals surface area contributed by atoms with Gasteiger partial charge >= 0.3 is 5.97 Å². The molecule has 1 aromatic carbocycles. The molecule has 11 heteroatoms. The number of aliphatic carboxylic acids is 1. The minimum Gasteiger partial charge on any atom is -0.480 e. The highest BCUT2D eigenvalue weighted by atomic mass is 35.5. The summed E-state index contributed by atoms with van der Waals surface area (Å²) in [6.45, 7) is -0.829. The van der Waals surface area contributed by atoms with Crippen molar-refractivity contribution in [3.05, 3.63) is 52.4 Å². The van der Waals surface area contributed by atoms with Crippen molar-refractivity contribution in [2.75, 3.05) is 6.54 Å². The summed E-state index contributed by atoms with van der Waals surface area (Å²) in [7, 11) is 0. The van der Waals surface area contributed by atoms with Gasteiger partial charge in [-0.2, -0.15) is 4.98 Å². The fraction of sp³-hybridized carbons (Fsp3) is 0.294. The maximum atomic E-state index is 13.3. The summed E-state index contributed by atoms with van der Waals surface area (Å²) in [5.74, 6) is -1.82. The molecule has 0 aliphatic heterocycles. The molecule has 0 unspecified atom stereocenters. The minimum atomic E-state index is -3.03. The van der Waals surface area contributed by atoms with E-state index in [0.717, 1.165) is 6.08 Å². The number of hydrogen-bond donors (Lipinski definition) is 2. The van der Waals surface area contributed by atoms with Gasteiger partial charge in [-0.05, 0) is 36.6 Å². The van der Waals surface area contributed by atoms with Crippen molar-refractivity contribution < 1.29 is 27.6 Å². The number of aromatic nitrogens is 2. The summed E-state index contributed by atoms with van der Waals surface area (Å²) in [6, 6.07) is 3.98. The van der Waals surface area contributed by atoms with Gasteiger partial charge in [-0.25, -0.2) is 13.2 Å². The first-order valence-corrected chi connectivity index (χ1v) is 8.42. The lowest BCUT2D eigenvalue weighted by atomic mass is 9.95. The maximum Gasteiger partial charge on any atom is 0.325 e. The molecule has 0 spiro atoms. The lowest BCUT2D eigenvalue weighted by molar-refractivity contribution is -0.135. The van der Waals surface area contributed by atoms with E-state index in [9.17, 15) is 18.0 Å². The van der Waals surface area contributed by atoms with Crippen molar-refractivity contribution in [2.24, 2.45) is 10.7 Å². The molecule has 28 heavy (non-hydrogen) atoms. The highest BCUT2D eigenvalue weighted by Crippen LogP contribution is 2.54. The molecule has 0 saturated heterocycles. The third-order valence-electron chi connectivity index (χ3n) is 4.22. The normalized spacial score (nSPS) is 16.5. The largest absolute Gasteiger partial charge is 0.480 e. The van der Waals surface area contributed by atoms with E-state index < -0.39 is 35.9 Å². The molecule has 148 valence electrons. The number of alkyl halides is 2. The van der Waals surface area contributed by atoms with Crippen molar-refractivity contribution >= 4 is 29.0 Å². The van der Waals surface area contributed by atoms with Gasteiger partial charge in [0.2, 0.25) is 0 Å². The van der Waals surface area contributed by atoms with Crippen LogP contribution in [0.25, 0.3) is 5.70 Å². The number of benzene rings is 1. The van der Waals surface area contributed by atoms with Gasteiger partial charge < -0.3 is 15.4 Å². The van der Waals surface area contributed by atoms with Crippen molar-refractivity contribution in [2.45, 2.75) is 24.7 Å². The van der Waals surface area contributed by atoms with E-state index in [1.807, 2.05) is 0 Å². The molecule has 2 aromatic rings. The summed E-state index contributed by atoms with van der Waals surface area (Å²) in [4.78, 5) is 18.0. The van der Waals surface area contributed by atoms with Crippen LogP contribution >= 0.6 is 11.6 Å². The molecule has 1 saturated carbocycles. The predicted octanol–water partition coefficient (Wildman–Crippen LogP) is 3.03. The number of hydrogen-bond acceptors (Lipinski definition) is 6. The highest BCUT2D eigenvalue weighted by molar-refractivity contribution is 6.31. The molecule has 1 aliphatic carbocycles. The van der Waals surface area contributed by atoms with Crippen LogP contribution in [-0.4, -0.2) is 39.9 Å². The Hall–Kier alpha value is -2.88. The first-order valence-electron chi connectivity index (χ1n) is 8.04. The van der Waals surface area contributed by atoms with Crippen molar-refractivity contribution in [1.82, 2.24) is 10.1 Å². The molecule has 1 aliphatic rings. The Labute approximate surface area is 161 Å². The SMILES string of the molecule is N/C(=C\C(=NCC(=O)O)C(F)F)c1nc(C2(c3ccc(F)cc3Cl)CC2)no1. The zero-order valence-electron chi connectivity index (χ0n) is 14.2. The van der Waals surface area contributed by atoms with Gasteiger partial charge in [0.05, 0.1) is 11.1 Å². The van der Waals surface area contributed by atoms with E-state index in [-0.39, 0.29) is 22.4 Å². The number of nitrogens with two attached hydrogens (primary N) is 1. The first kappa shape index (κ1) is 19.9. The number of carboxylic acids is 1. The molecule has 0 radical (unpaired) electrons. The monoisotopic (exact) mass is 414 g/mol. The molecular weight excluding hydrogens is 401 g/mol. The second-order valence-electron chi connectivity index (χ2n) is 6.16. The zero-order valence-corrected chi connectivity index (χ0v) is 15.0. The second kappa shape index (κ2) is 7.63. The topological polar surface area (TPSA) is 115 Å². The van der Waals surface area contributed by atoms with Gasteiger partial charge in [-0.1, -0.05) is 22.8 Å². The Morgan fingerprint density at radius 3 is 2.75 bits per heavy atom. The zero-order chi connectivity index (χ0) is 20.5. The van der Waals surface area contributed by atoms with E-state index in [0.29, 0.717) is 18.4 Å². The Kier molecular flexibility index (Phi) is 5.41. The number of nitrogens with zero attached hydrogens (tertiary/aromatic N) is 3. The van der Waals surface area contributed by atoms with Gasteiger partial charge in [-0.3, -0.25) is 9.79 Å². The summed E-state index contributed by atoms with van der Waals surface area (Å²) in [5.41, 5.74) is 4.60. The molecule has 7 nitrogen and oxygen atoms in total. The summed E-state index contributed by atoms with van der Waals surface area (Å²) < 4.78 is 44.3. The molecule has 1 heterocycles. The van der Waals surface area contributed by atoms with Crippen LogP contribution in [0, 0.1) is 5.82 Å². The maximum absolute atomic E-state index is 13.3. The predicted molar refractivity (Wildman–Crippen MR) is 93.8 cm³/mol. The lowest BCUT2D eigenvalue weighted by Gasteiger charge is -2.12. The second-order valence-corrected chi connectivity index (χ2v) is 6.57. The van der Waals surface area contributed by atoms with Gasteiger partial charge in [0.15, 0.2) is 5.82 Å². The Balaban J connectivity index is 1.89. The molecule has 0 atom stereocenters. The van der Waals surface area contributed by atoms with Gasteiger partial charge in [-0.15, -0.1) is 0 Å². The van der Waals surface area contributed by atoms with Crippen LogP contribution in [0.2, 0.25) is 5.02 Å². The quantitative estimate of drug-likeness (QED) is 0.673. The third kappa shape index (κ3) is 4.01. The first-order chi connectivity index (χ1) is 13.2. The number of allylic oxidation sites excluding steroid dienone is 1. The number of rotatable bonds is 7. The average Bonchev–Trinajstić information content (AvgIpc) is 3.25. The van der Waals surface area contributed by atoms with Gasteiger partial charge in [0, 0.05) is 5.02 Å². The number of halogens is 4. The molecule has 0 bridgehead atoms. The summed E-state index contributed by atoms with van der Waals surface area (Å²) in [5, 5.41) is 12.6. The molecule has 1 aromatic heterocycles. The van der Waals surface area contributed by atoms with Crippen molar-refractivity contribution in [3.63, 3.8) is 0 Å². The fourth-order valence-electron chi connectivity index (χ4n) is 2.71. The van der Waals surface area contributed by atoms with Crippen LogP contribution in [0.3, 0.4) is 0 Å². The lowest BCUT2D eigenvalue weighted by Crippen LogP contribution is -2.14. The van der Waals surface area contributed by atoms with E-state index in [1.54, 1.807) is 0 Å². The van der Waals surface area contributed by atoms with E-state index in [4.69, 9.17) is 27.0 Å². The molecule has 3 N–H and O–H groups in total. The smallest absolute Gasteiger partial charge is 0.325 e. The van der Waals surface area contributed by atoms with Crippen LogP contribution in [0.1, 0.15) is 30.1 Å². The Morgan fingerprint density at radius 1 is 1.46 bits per heavy atom. The third-order valence-corrected chi connectivity index (χ3v) is 4.53. The van der Waals surface area contributed by atoms with E-state index >= 15 is 0 Å². The number of carbonyl (C=O) groups is 1. The Morgan fingerprint density at radius 2 is 2.18 bits per heavy atom. The standard InChI is InChI=1S/C17H14ClF3N4O3/c18-10-5-8(19)1-2-9(10)17(3-4-17)16-24-15(28-25-16)11(22)6-12(14(20)21)23-7-13(26)27/h1-2,5-6,14H,3-4,7,22H2,(H,26,27)/b11-6-,23-12?. The Bertz CT molecular complexity index is 970. The van der Waals surface area contributed by atoms with E-state index in [2.05, 4.69) is 15.1 Å². The minimum absolute atomic E-state index is 0.216. The van der Waals surface area contributed by atoms with Crippen LogP contribution in [-0.2, 0) is 10.2 Å². The molecule has 1 fully saturated rings. The van der Waals surface area contributed by atoms with E-state index in [1.165, 1.54) is 18.2 Å². The fourth-order valence-corrected chi connectivity index (χ4v) is 3.06. The van der Waals surface area contributed by atoms with Gasteiger partial charge in [0.25, 0.3) is 12.3 Å². The van der Waals surface area contributed by atoms with Crippen LogP contribution < -0.4 is 5.73 Å². The highest BCUT2D eigenvalue weighted by Gasteiger charge is 2.51. The average molecular weight is 415 g/mol. The molecular formula is C17H14ClF3N4O3. The summed E-state index contributed by atoms with van der Waals surface area (Å²) >= 11 is 6.13. The van der Waals surface area contributed by atoms with Crippen LogP contribution in [0.4, 0.5) is 13.2 Å².